The summed E-state index contributed by atoms with van der Waals surface area (Å²) in [5.41, 5.74) is 5.83. The Morgan fingerprint density at radius 3 is 2.11 bits per heavy atom. The van der Waals surface area contributed by atoms with Crippen LogP contribution in [-0.4, -0.2) is 59.5 Å². The summed E-state index contributed by atoms with van der Waals surface area (Å²) in [5, 5.41) is 4.18. The van der Waals surface area contributed by atoms with E-state index in [0.29, 0.717) is 6.54 Å². The van der Waals surface area contributed by atoms with E-state index in [1.807, 2.05) is 30.3 Å². The SMILES string of the molecule is CCc1cccc2c(C(=O)NCc3ccccc3)cn(CCCN3CCN(CCc4ccccc4)CC3)c12. The van der Waals surface area contributed by atoms with Crippen molar-refractivity contribution < 1.29 is 4.79 Å². The molecule has 1 amide bonds. The van der Waals surface area contributed by atoms with Crippen LogP contribution in [0.3, 0.4) is 0 Å². The molecule has 1 aliphatic rings. The first-order valence-corrected chi connectivity index (χ1v) is 14.1. The summed E-state index contributed by atoms with van der Waals surface area (Å²) >= 11 is 0. The van der Waals surface area contributed by atoms with Crippen LogP contribution in [0.2, 0.25) is 0 Å². The van der Waals surface area contributed by atoms with Crippen LogP contribution >= 0.6 is 0 Å². The van der Waals surface area contributed by atoms with E-state index in [0.717, 1.165) is 81.6 Å². The molecule has 38 heavy (non-hydrogen) atoms. The third-order valence-electron chi connectivity index (χ3n) is 7.80. The number of rotatable bonds is 11. The lowest BCUT2D eigenvalue weighted by atomic mass is 10.1. The molecule has 0 aliphatic carbocycles. The molecule has 1 N–H and O–H groups in total. The number of benzene rings is 3. The van der Waals surface area contributed by atoms with Gasteiger partial charge >= 0.3 is 0 Å². The third-order valence-corrected chi connectivity index (χ3v) is 7.80. The van der Waals surface area contributed by atoms with Gasteiger partial charge in [0, 0.05) is 57.4 Å². The normalized spacial score (nSPS) is 14.7. The lowest BCUT2D eigenvalue weighted by molar-refractivity contribution is 0.0952. The van der Waals surface area contributed by atoms with Crippen molar-refractivity contribution in [3.05, 3.63) is 107 Å². The maximum atomic E-state index is 13.2. The largest absolute Gasteiger partial charge is 0.348 e. The first-order valence-electron chi connectivity index (χ1n) is 14.1. The van der Waals surface area contributed by atoms with Crippen LogP contribution in [0.25, 0.3) is 10.9 Å². The Labute approximate surface area is 227 Å². The van der Waals surface area contributed by atoms with Gasteiger partial charge in [0.05, 0.1) is 11.1 Å². The molecule has 5 heteroatoms. The van der Waals surface area contributed by atoms with E-state index in [-0.39, 0.29) is 5.91 Å². The summed E-state index contributed by atoms with van der Waals surface area (Å²) in [6.07, 6.45) is 5.24. The molecule has 4 aromatic rings. The fourth-order valence-corrected chi connectivity index (χ4v) is 5.59. The molecule has 198 valence electrons. The maximum absolute atomic E-state index is 13.2. The molecular formula is C33H40N4O. The molecule has 0 unspecified atom stereocenters. The molecule has 0 spiro atoms. The second kappa shape index (κ2) is 12.9. The van der Waals surface area contributed by atoms with Gasteiger partial charge in [0.15, 0.2) is 0 Å². The Bertz CT molecular complexity index is 1310. The smallest absolute Gasteiger partial charge is 0.253 e. The van der Waals surface area contributed by atoms with Crippen LogP contribution in [0, 0.1) is 0 Å². The van der Waals surface area contributed by atoms with Gasteiger partial charge in [-0.15, -0.1) is 0 Å². The van der Waals surface area contributed by atoms with Gasteiger partial charge in [-0.05, 0) is 42.5 Å². The zero-order chi connectivity index (χ0) is 26.2. The van der Waals surface area contributed by atoms with E-state index in [1.54, 1.807) is 0 Å². The van der Waals surface area contributed by atoms with E-state index >= 15 is 0 Å². The zero-order valence-electron chi connectivity index (χ0n) is 22.6. The number of hydrogen-bond donors (Lipinski definition) is 1. The lowest BCUT2D eigenvalue weighted by Crippen LogP contribution is -2.47. The van der Waals surface area contributed by atoms with Crippen molar-refractivity contribution in [3.8, 4) is 0 Å². The van der Waals surface area contributed by atoms with Gasteiger partial charge in [0.25, 0.3) is 5.91 Å². The Morgan fingerprint density at radius 1 is 0.763 bits per heavy atom. The Kier molecular flexibility index (Phi) is 8.90. The molecule has 0 saturated carbocycles. The highest BCUT2D eigenvalue weighted by Crippen LogP contribution is 2.26. The number of nitrogens with one attached hydrogen (secondary N) is 1. The number of para-hydroxylation sites is 1. The van der Waals surface area contributed by atoms with E-state index in [9.17, 15) is 4.79 Å². The average molecular weight is 509 g/mol. The number of fused-ring (bicyclic) bond motifs is 1. The fourth-order valence-electron chi connectivity index (χ4n) is 5.59. The molecule has 5 rings (SSSR count). The van der Waals surface area contributed by atoms with Crippen LogP contribution in [-0.2, 0) is 25.9 Å². The molecule has 1 aliphatic heterocycles. The first-order chi connectivity index (χ1) is 18.7. The highest BCUT2D eigenvalue weighted by atomic mass is 16.1. The van der Waals surface area contributed by atoms with Crippen LogP contribution in [0.15, 0.2) is 85.1 Å². The van der Waals surface area contributed by atoms with Crippen molar-refractivity contribution in [2.45, 2.75) is 39.3 Å². The average Bonchev–Trinajstić information content (AvgIpc) is 3.35. The van der Waals surface area contributed by atoms with Crippen LogP contribution in [0.1, 0.15) is 40.4 Å². The zero-order valence-corrected chi connectivity index (χ0v) is 22.6. The molecule has 1 aromatic heterocycles. The Balaban J connectivity index is 1.16. The van der Waals surface area contributed by atoms with Gasteiger partial charge in [-0.1, -0.05) is 85.8 Å². The van der Waals surface area contributed by atoms with Crippen molar-refractivity contribution in [2.24, 2.45) is 0 Å². The molecular weight excluding hydrogens is 468 g/mol. The highest BCUT2D eigenvalue weighted by molar-refractivity contribution is 6.07. The van der Waals surface area contributed by atoms with Crippen LogP contribution in [0.4, 0.5) is 0 Å². The molecule has 0 radical (unpaired) electrons. The minimum atomic E-state index is -0.00233. The molecule has 0 atom stereocenters. The van der Waals surface area contributed by atoms with Crippen molar-refractivity contribution in [1.82, 2.24) is 19.7 Å². The predicted molar refractivity (Wildman–Crippen MR) is 157 cm³/mol. The van der Waals surface area contributed by atoms with E-state index < -0.39 is 0 Å². The predicted octanol–water partition coefficient (Wildman–Crippen LogP) is 5.38. The van der Waals surface area contributed by atoms with Crippen molar-refractivity contribution in [2.75, 3.05) is 39.3 Å². The molecule has 0 bridgehead atoms. The number of amides is 1. The van der Waals surface area contributed by atoms with Crippen molar-refractivity contribution >= 4 is 16.8 Å². The van der Waals surface area contributed by atoms with Gasteiger partial charge in [0.2, 0.25) is 0 Å². The molecule has 5 nitrogen and oxygen atoms in total. The van der Waals surface area contributed by atoms with Gasteiger partial charge in [-0.2, -0.15) is 0 Å². The maximum Gasteiger partial charge on any atom is 0.253 e. The molecule has 1 fully saturated rings. The highest BCUT2D eigenvalue weighted by Gasteiger charge is 2.19. The molecule has 2 heterocycles. The van der Waals surface area contributed by atoms with Crippen LogP contribution in [0.5, 0.6) is 0 Å². The molecule has 1 saturated heterocycles. The quantitative estimate of drug-likeness (QED) is 0.296. The van der Waals surface area contributed by atoms with Crippen molar-refractivity contribution in [1.29, 1.82) is 0 Å². The van der Waals surface area contributed by atoms with Crippen molar-refractivity contribution in [3.63, 3.8) is 0 Å². The van der Waals surface area contributed by atoms with Gasteiger partial charge in [-0.25, -0.2) is 0 Å². The fraction of sp³-hybridized carbons (Fsp3) is 0.364. The van der Waals surface area contributed by atoms with E-state index in [4.69, 9.17) is 0 Å². The number of nitrogens with zero attached hydrogens (tertiary/aromatic N) is 3. The van der Waals surface area contributed by atoms with E-state index in [2.05, 4.69) is 81.3 Å². The van der Waals surface area contributed by atoms with Gasteiger partial charge in [0.1, 0.15) is 0 Å². The first kappa shape index (κ1) is 26.2. The molecule has 3 aromatic carbocycles. The second-order valence-electron chi connectivity index (χ2n) is 10.3. The summed E-state index contributed by atoms with van der Waals surface area (Å²) in [5.74, 6) is -0.00233. The van der Waals surface area contributed by atoms with E-state index in [1.165, 1.54) is 16.6 Å². The number of piperazine rings is 1. The third kappa shape index (κ3) is 6.53. The minimum absolute atomic E-state index is 0.00233. The standard InChI is InChI=1S/C33H40N4O/c1-2-29-15-9-16-30-31(33(38)34-25-28-13-7-4-8-14-28)26-37(32(29)30)19-10-18-35-21-23-36(24-22-35)20-17-27-11-5-3-6-12-27/h3-9,11-16,26H,2,10,17-25H2,1H3,(H,34,38). The lowest BCUT2D eigenvalue weighted by Gasteiger charge is -2.34. The number of aryl methyl sites for hydroxylation is 2. The van der Waals surface area contributed by atoms with Crippen LogP contribution < -0.4 is 5.32 Å². The van der Waals surface area contributed by atoms with Gasteiger partial charge < -0.3 is 19.7 Å². The Hall–Kier alpha value is -3.41. The summed E-state index contributed by atoms with van der Waals surface area (Å²) < 4.78 is 2.32. The minimum Gasteiger partial charge on any atom is -0.348 e. The summed E-state index contributed by atoms with van der Waals surface area (Å²) in [7, 11) is 0. The summed E-state index contributed by atoms with van der Waals surface area (Å²) in [4.78, 5) is 18.4. The van der Waals surface area contributed by atoms with Gasteiger partial charge in [-0.3, -0.25) is 4.79 Å². The number of hydrogen-bond acceptors (Lipinski definition) is 3. The number of carbonyl (C=O) groups is 1. The number of aromatic nitrogens is 1. The monoisotopic (exact) mass is 508 g/mol. The number of carbonyl (C=O) groups excluding carboxylic acids is 1. The summed E-state index contributed by atoms with van der Waals surface area (Å²) in [6.45, 7) is 10.4. The second-order valence-corrected chi connectivity index (χ2v) is 10.3. The summed E-state index contributed by atoms with van der Waals surface area (Å²) in [6, 6.07) is 27.3. The topological polar surface area (TPSA) is 40.5 Å². The Morgan fingerprint density at radius 2 is 1.42 bits per heavy atom.